The Morgan fingerprint density at radius 3 is 2.50 bits per heavy atom. The molecule has 2 heterocycles. The highest BCUT2D eigenvalue weighted by Gasteiger charge is 2.33. The van der Waals surface area contributed by atoms with Crippen LogP contribution < -0.4 is 10.2 Å². The van der Waals surface area contributed by atoms with Gasteiger partial charge in [0.05, 0.1) is 36.1 Å². The molecule has 0 radical (unpaired) electrons. The Balaban J connectivity index is 1.81. The Hall–Kier alpha value is -2.49. The number of amides is 3. The number of likely N-dealkylation sites (tertiary alicyclic amines) is 1. The minimum Gasteiger partial charge on any atom is -0.378 e. The number of halogens is 3. The quantitative estimate of drug-likeness (QED) is 0.804. The van der Waals surface area contributed by atoms with Crippen molar-refractivity contribution in [1.29, 1.82) is 0 Å². The first-order valence-electron chi connectivity index (χ1n) is 9.98. The number of carbonyl (C=O) groups is 2. The molecule has 0 bridgehead atoms. The molecule has 2 saturated heterocycles. The maximum absolute atomic E-state index is 13.3. The highest BCUT2D eigenvalue weighted by Crippen LogP contribution is 2.36. The molecule has 2 fully saturated rings. The van der Waals surface area contributed by atoms with Crippen molar-refractivity contribution in [3.63, 3.8) is 0 Å². The van der Waals surface area contributed by atoms with Gasteiger partial charge in [0.1, 0.15) is 0 Å². The summed E-state index contributed by atoms with van der Waals surface area (Å²) in [7, 11) is 3.28. The number of carbonyl (C=O) groups excluding carboxylic acids is 2. The van der Waals surface area contributed by atoms with Crippen LogP contribution in [0.3, 0.4) is 0 Å². The molecule has 3 rings (SSSR count). The second-order valence-electron chi connectivity index (χ2n) is 7.78. The molecule has 0 aromatic heterocycles. The third-order valence-corrected chi connectivity index (χ3v) is 5.38. The van der Waals surface area contributed by atoms with Gasteiger partial charge in [0.25, 0.3) is 0 Å². The third kappa shape index (κ3) is 5.16. The Kier molecular flexibility index (Phi) is 6.74. The molecule has 7 nitrogen and oxygen atoms in total. The van der Waals surface area contributed by atoms with Gasteiger partial charge in [0.2, 0.25) is 5.91 Å². The first-order valence-corrected chi connectivity index (χ1v) is 9.98. The van der Waals surface area contributed by atoms with E-state index in [1.165, 1.54) is 11.0 Å². The van der Waals surface area contributed by atoms with Crippen LogP contribution in [0.4, 0.5) is 29.3 Å². The number of hydrogen-bond donors (Lipinski definition) is 1. The van der Waals surface area contributed by atoms with E-state index in [9.17, 15) is 22.8 Å². The maximum Gasteiger partial charge on any atom is 0.416 e. The van der Waals surface area contributed by atoms with Crippen molar-refractivity contribution < 1.29 is 27.5 Å². The van der Waals surface area contributed by atoms with E-state index in [0.717, 1.165) is 12.1 Å². The van der Waals surface area contributed by atoms with Gasteiger partial charge in [0, 0.05) is 40.3 Å². The molecule has 1 atom stereocenters. The molecule has 2 aliphatic rings. The summed E-state index contributed by atoms with van der Waals surface area (Å²) < 4.78 is 45.1. The molecule has 3 amide bonds. The van der Waals surface area contributed by atoms with Gasteiger partial charge in [-0.05, 0) is 31.0 Å². The molecule has 2 aliphatic heterocycles. The van der Waals surface area contributed by atoms with Crippen molar-refractivity contribution in [3.8, 4) is 0 Å². The Labute approximate surface area is 173 Å². The van der Waals surface area contributed by atoms with E-state index >= 15 is 0 Å². The van der Waals surface area contributed by atoms with Gasteiger partial charge in [-0.3, -0.25) is 4.79 Å². The summed E-state index contributed by atoms with van der Waals surface area (Å²) in [6.07, 6.45) is -3.27. The van der Waals surface area contributed by atoms with Gasteiger partial charge < -0.3 is 24.8 Å². The van der Waals surface area contributed by atoms with Crippen LogP contribution in [0.25, 0.3) is 0 Å². The standard InChI is InChI=1S/C20H27F3N4O3/c1-25(2)19(29)27-7-3-4-14(13-27)18(28)24-16-12-15(20(21,22)23)5-6-17(16)26-8-10-30-11-9-26/h5-6,12,14H,3-4,7-11,13H2,1-2H3,(H,24,28)/t14-/m1/s1. The fourth-order valence-electron chi connectivity index (χ4n) is 3.78. The zero-order valence-corrected chi connectivity index (χ0v) is 17.2. The van der Waals surface area contributed by atoms with Crippen molar-refractivity contribution in [2.45, 2.75) is 19.0 Å². The first kappa shape index (κ1) is 22.2. The summed E-state index contributed by atoms with van der Waals surface area (Å²) in [5.74, 6) is -0.852. The third-order valence-electron chi connectivity index (χ3n) is 5.38. The molecule has 0 spiro atoms. The van der Waals surface area contributed by atoms with E-state index < -0.39 is 17.7 Å². The summed E-state index contributed by atoms with van der Waals surface area (Å²) in [5.41, 5.74) is -0.146. The van der Waals surface area contributed by atoms with Gasteiger partial charge in [-0.25, -0.2) is 4.79 Å². The smallest absolute Gasteiger partial charge is 0.378 e. The van der Waals surface area contributed by atoms with Crippen LogP contribution in [0.1, 0.15) is 18.4 Å². The predicted octanol–water partition coefficient (Wildman–Crippen LogP) is 2.87. The lowest BCUT2D eigenvalue weighted by molar-refractivity contribution is -0.137. The number of urea groups is 1. The summed E-state index contributed by atoms with van der Waals surface area (Å²) in [6, 6.07) is 3.22. The maximum atomic E-state index is 13.3. The number of nitrogens with zero attached hydrogens (tertiary/aromatic N) is 3. The predicted molar refractivity (Wildman–Crippen MR) is 106 cm³/mol. The van der Waals surface area contributed by atoms with E-state index in [1.807, 2.05) is 4.90 Å². The van der Waals surface area contributed by atoms with Crippen LogP contribution in [0, 0.1) is 5.92 Å². The van der Waals surface area contributed by atoms with Crippen LogP contribution in [-0.4, -0.2) is 75.2 Å². The molecule has 0 unspecified atom stereocenters. The van der Waals surface area contributed by atoms with Crippen molar-refractivity contribution in [1.82, 2.24) is 9.80 Å². The number of ether oxygens (including phenoxy) is 1. The summed E-state index contributed by atoms with van der Waals surface area (Å²) in [4.78, 5) is 30.1. The summed E-state index contributed by atoms with van der Waals surface area (Å²) in [5, 5.41) is 2.71. The van der Waals surface area contributed by atoms with Gasteiger partial charge >= 0.3 is 12.2 Å². The van der Waals surface area contributed by atoms with Crippen LogP contribution in [-0.2, 0) is 15.7 Å². The lowest BCUT2D eigenvalue weighted by atomic mass is 9.97. The number of nitrogens with one attached hydrogen (secondary N) is 1. The molecule has 1 aromatic rings. The molecule has 30 heavy (non-hydrogen) atoms. The molecule has 0 aliphatic carbocycles. The van der Waals surface area contributed by atoms with E-state index in [2.05, 4.69) is 5.32 Å². The van der Waals surface area contributed by atoms with Crippen molar-refractivity contribution in [2.75, 3.05) is 63.7 Å². The van der Waals surface area contributed by atoms with E-state index in [1.54, 1.807) is 19.0 Å². The average Bonchev–Trinajstić information content (AvgIpc) is 2.73. The van der Waals surface area contributed by atoms with E-state index in [0.29, 0.717) is 51.4 Å². The van der Waals surface area contributed by atoms with E-state index in [-0.39, 0.29) is 24.2 Å². The van der Waals surface area contributed by atoms with Crippen LogP contribution in [0.2, 0.25) is 0 Å². The Morgan fingerprint density at radius 1 is 1.17 bits per heavy atom. The normalized spacial score (nSPS) is 20.1. The number of rotatable bonds is 3. The summed E-state index contributed by atoms with van der Waals surface area (Å²) >= 11 is 0. The van der Waals surface area contributed by atoms with Gasteiger partial charge in [-0.1, -0.05) is 0 Å². The van der Waals surface area contributed by atoms with E-state index in [4.69, 9.17) is 4.74 Å². The molecule has 1 aromatic carbocycles. The lowest BCUT2D eigenvalue weighted by Crippen LogP contribution is -2.47. The fraction of sp³-hybridized carbons (Fsp3) is 0.600. The largest absolute Gasteiger partial charge is 0.416 e. The molecule has 166 valence electrons. The number of morpholine rings is 1. The van der Waals surface area contributed by atoms with Crippen LogP contribution in [0.5, 0.6) is 0 Å². The Morgan fingerprint density at radius 2 is 1.87 bits per heavy atom. The van der Waals surface area contributed by atoms with Gasteiger partial charge in [-0.2, -0.15) is 13.2 Å². The zero-order chi connectivity index (χ0) is 21.9. The van der Waals surface area contributed by atoms with Crippen molar-refractivity contribution in [3.05, 3.63) is 23.8 Å². The second-order valence-corrected chi connectivity index (χ2v) is 7.78. The highest BCUT2D eigenvalue weighted by atomic mass is 19.4. The van der Waals surface area contributed by atoms with Crippen molar-refractivity contribution in [2.24, 2.45) is 5.92 Å². The van der Waals surface area contributed by atoms with Gasteiger partial charge in [-0.15, -0.1) is 0 Å². The number of hydrogen-bond acceptors (Lipinski definition) is 4. The number of piperidine rings is 1. The monoisotopic (exact) mass is 428 g/mol. The molecular formula is C20H27F3N4O3. The van der Waals surface area contributed by atoms with Crippen molar-refractivity contribution >= 4 is 23.3 Å². The zero-order valence-electron chi connectivity index (χ0n) is 17.2. The number of alkyl halides is 3. The molecule has 10 heteroatoms. The van der Waals surface area contributed by atoms with Crippen LogP contribution in [0.15, 0.2) is 18.2 Å². The number of anilines is 2. The molecular weight excluding hydrogens is 401 g/mol. The molecule has 0 saturated carbocycles. The Bertz CT molecular complexity index is 779. The lowest BCUT2D eigenvalue weighted by Gasteiger charge is -2.34. The first-order chi connectivity index (χ1) is 14.2. The SMILES string of the molecule is CN(C)C(=O)N1CCC[C@@H](C(=O)Nc2cc(C(F)(F)F)ccc2N2CCOCC2)C1. The fourth-order valence-corrected chi connectivity index (χ4v) is 3.78. The highest BCUT2D eigenvalue weighted by molar-refractivity contribution is 5.96. The van der Waals surface area contributed by atoms with Crippen LogP contribution >= 0.6 is 0 Å². The average molecular weight is 428 g/mol. The minimum atomic E-state index is -4.51. The molecule has 1 N–H and O–H groups in total. The number of benzene rings is 1. The minimum absolute atomic E-state index is 0.132. The second kappa shape index (κ2) is 9.11. The topological polar surface area (TPSA) is 65.1 Å². The van der Waals surface area contributed by atoms with Gasteiger partial charge in [0.15, 0.2) is 0 Å². The summed E-state index contributed by atoms with van der Waals surface area (Å²) in [6.45, 7) is 2.81.